The molecule has 4 N–H and O–H groups in total. The van der Waals surface area contributed by atoms with Gasteiger partial charge in [0, 0.05) is 41.4 Å². The van der Waals surface area contributed by atoms with Gasteiger partial charge in [0.05, 0.1) is 0 Å². The first kappa shape index (κ1) is 13.2. The number of H-pyrrole nitrogens is 1. The van der Waals surface area contributed by atoms with Crippen LogP contribution in [0.4, 0.5) is 5.69 Å². The van der Waals surface area contributed by atoms with Crippen molar-refractivity contribution in [2.45, 2.75) is 6.42 Å². The minimum Gasteiger partial charge on any atom is -0.399 e. The van der Waals surface area contributed by atoms with Gasteiger partial charge in [-0.15, -0.1) is 0 Å². The normalized spacial score (nSPS) is 10.7. The van der Waals surface area contributed by atoms with Crippen molar-refractivity contribution in [3.63, 3.8) is 0 Å². The van der Waals surface area contributed by atoms with Crippen molar-refractivity contribution in [2.24, 2.45) is 0 Å². The maximum atomic E-state index is 12.1. The van der Waals surface area contributed by atoms with Gasteiger partial charge in [0.2, 0.25) is 0 Å². The second-order valence-electron chi connectivity index (χ2n) is 4.86. The van der Waals surface area contributed by atoms with E-state index < -0.39 is 0 Å². The molecule has 0 atom stereocenters. The highest BCUT2D eigenvalue weighted by Crippen LogP contribution is 2.18. The molecule has 1 aromatic carbocycles. The number of carbonyl (C=O) groups excluding carboxylic acids is 1. The Kier molecular flexibility index (Phi) is 3.55. The Morgan fingerprint density at radius 2 is 2.14 bits per heavy atom. The van der Waals surface area contributed by atoms with Crippen molar-refractivity contribution in [1.82, 2.24) is 15.3 Å². The molecule has 0 saturated heterocycles. The van der Waals surface area contributed by atoms with E-state index in [-0.39, 0.29) is 5.91 Å². The Hall–Kier alpha value is -2.82. The van der Waals surface area contributed by atoms with Gasteiger partial charge in [0.1, 0.15) is 5.69 Å². The summed E-state index contributed by atoms with van der Waals surface area (Å²) in [6.45, 7) is 0.549. The summed E-state index contributed by atoms with van der Waals surface area (Å²) in [7, 11) is 0. The number of nitrogen functional groups attached to an aromatic ring is 1. The summed E-state index contributed by atoms with van der Waals surface area (Å²) in [5.74, 6) is -0.124. The fraction of sp³-hybridized carbons (Fsp3) is 0.125. The summed E-state index contributed by atoms with van der Waals surface area (Å²) >= 11 is 0. The zero-order chi connectivity index (χ0) is 14.7. The molecule has 1 amide bonds. The molecule has 21 heavy (non-hydrogen) atoms. The van der Waals surface area contributed by atoms with Gasteiger partial charge in [-0.25, -0.2) is 0 Å². The largest absolute Gasteiger partial charge is 0.399 e. The SMILES string of the molecule is Nc1ccc2[nH]c(C(=O)NCCc3ccccn3)cc2c1. The summed E-state index contributed by atoms with van der Waals surface area (Å²) in [4.78, 5) is 19.4. The average molecular weight is 280 g/mol. The van der Waals surface area contributed by atoms with Crippen LogP contribution in [-0.4, -0.2) is 22.4 Å². The van der Waals surface area contributed by atoms with Crippen LogP contribution in [0.3, 0.4) is 0 Å². The fourth-order valence-corrected chi connectivity index (χ4v) is 2.22. The molecule has 5 heteroatoms. The third-order valence-corrected chi connectivity index (χ3v) is 3.28. The highest BCUT2D eigenvalue weighted by atomic mass is 16.1. The van der Waals surface area contributed by atoms with Crippen LogP contribution in [0.2, 0.25) is 0 Å². The lowest BCUT2D eigenvalue weighted by atomic mass is 10.2. The van der Waals surface area contributed by atoms with E-state index in [9.17, 15) is 4.79 Å². The van der Waals surface area contributed by atoms with Gasteiger partial charge >= 0.3 is 0 Å². The molecule has 0 fully saturated rings. The minimum atomic E-state index is -0.124. The maximum Gasteiger partial charge on any atom is 0.267 e. The van der Waals surface area contributed by atoms with E-state index in [1.165, 1.54) is 0 Å². The second-order valence-corrected chi connectivity index (χ2v) is 4.86. The molecule has 5 nitrogen and oxygen atoms in total. The molecule has 2 heterocycles. The second kappa shape index (κ2) is 5.66. The first-order valence-corrected chi connectivity index (χ1v) is 6.79. The minimum absolute atomic E-state index is 0.124. The van der Waals surface area contributed by atoms with Crippen LogP contribution in [0, 0.1) is 0 Å². The summed E-state index contributed by atoms with van der Waals surface area (Å²) in [6, 6.07) is 13.1. The number of benzene rings is 1. The van der Waals surface area contributed by atoms with Gasteiger partial charge < -0.3 is 16.0 Å². The van der Waals surface area contributed by atoms with Crippen molar-refractivity contribution in [3.8, 4) is 0 Å². The van der Waals surface area contributed by atoms with E-state index in [4.69, 9.17) is 5.73 Å². The van der Waals surface area contributed by atoms with Gasteiger partial charge in [0.15, 0.2) is 0 Å². The molecule has 0 bridgehead atoms. The number of pyridine rings is 1. The summed E-state index contributed by atoms with van der Waals surface area (Å²) in [6.07, 6.45) is 2.46. The molecule has 0 radical (unpaired) electrons. The van der Waals surface area contributed by atoms with E-state index in [1.54, 1.807) is 6.20 Å². The standard InChI is InChI=1S/C16H16N4O/c17-12-4-5-14-11(9-12)10-15(20-14)16(21)19-8-6-13-3-1-2-7-18-13/h1-5,7,9-10,20H,6,8,17H2,(H,19,21). The Morgan fingerprint density at radius 3 is 2.95 bits per heavy atom. The average Bonchev–Trinajstić information content (AvgIpc) is 2.91. The zero-order valence-electron chi connectivity index (χ0n) is 11.5. The van der Waals surface area contributed by atoms with Crippen molar-refractivity contribution in [1.29, 1.82) is 0 Å². The van der Waals surface area contributed by atoms with Gasteiger partial charge in [-0.1, -0.05) is 6.07 Å². The molecule has 106 valence electrons. The highest BCUT2D eigenvalue weighted by molar-refractivity contribution is 5.98. The number of rotatable bonds is 4. The maximum absolute atomic E-state index is 12.1. The third kappa shape index (κ3) is 3.02. The number of fused-ring (bicyclic) bond motifs is 1. The number of nitrogens with zero attached hydrogens (tertiary/aromatic N) is 1. The van der Waals surface area contributed by atoms with Crippen LogP contribution in [0.1, 0.15) is 16.2 Å². The topological polar surface area (TPSA) is 83.8 Å². The lowest BCUT2D eigenvalue weighted by Crippen LogP contribution is -2.26. The number of carbonyl (C=O) groups is 1. The fourth-order valence-electron chi connectivity index (χ4n) is 2.22. The van der Waals surface area contributed by atoms with Crippen LogP contribution in [0.25, 0.3) is 10.9 Å². The van der Waals surface area contributed by atoms with Gasteiger partial charge in [0.25, 0.3) is 5.91 Å². The Labute approximate surface area is 122 Å². The quantitative estimate of drug-likeness (QED) is 0.640. The van der Waals surface area contributed by atoms with E-state index in [0.717, 1.165) is 16.6 Å². The highest BCUT2D eigenvalue weighted by Gasteiger charge is 2.09. The van der Waals surface area contributed by atoms with Crippen LogP contribution in [0.15, 0.2) is 48.7 Å². The van der Waals surface area contributed by atoms with E-state index in [0.29, 0.717) is 24.3 Å². The summed E-state index contributed by atoms with van der Waals surface area (Å²) in [5.41, 5.74) is 8.82. The Bertz CT molecular complexity index is 764. The van der Waals surface area contributed by atoms with Crippen LogP contribution in [0.5, 0.6) is 0 Å². The Balaban J connectivity index is 1.64. The van der Waals surface area contributed by atoms with Crippen molar-refractivity contribution >= 4 is 22.5 Å². The molecule has 2 aromatic heterocycles. The van der Waals surface area contributed by atoms with E-state index >= 15 is 0 Å². The number of anilines is 1. The molecule has 0 saturated carbocycles. The molecule has 0 aliphatic rings. The number of hydrogen-bond acceptors (Lipinski definition) is 3. The third-order valence-electron chi connectivity index (χ3n) is 3.28. The van der Waals surface area contributed by atoms with Crippen LogP contribution >= 0.6 is 0 Å². The number of nitrogens with two attached hydrogens (primary N) is 1. The molecular weight excluding hydrogens is 264 g/mol. The number of aromatic amines is 1. The monoisotopic (exact) mass is 280 g/mol. The first-order chi connectivity index (χ1) is 10.2. The van der Waals surface area contributed by atoms with Gasteiger partial charge in [-0.3, -0.25) is 9.78 Å². The smallest absolute Gasteiger partial charge is 0.267 e. The van der Waals surface area contributed by atoms with E-state index in [2.05, 4.69) is 15.3 Å². The molecule has 0 aliphatic heterocycles. The van der Waals surface area contributed by atoms with Crippen LogP contribution < -0.4 is 11.1 Å². The molecule has 3 aromatic rings. The van der Waals surface area contributed by atoms with Crippen molar-refractivity contribution in [3.05, 3.63) is 60.0 Å². The number of hydrogen-bond donors (Lipinski definition) is 3. The molecular formula is C16H16N4O. The lowest BCUT2D eigenvalue weighted by molar-refractivity contribution is 0.0950. The first-order valence-electron chi connectivity index (χ1n) is 6.79. The van der Waals surface area contributed by atoms with Crippen molar-refractivity contribution < 1.29 is 4.79 Å². The zero-order valence-corrected chi connectivity index (χ0v) is 11.5. The summed E-state index contributed by atoms with van der Waals surface area (Å²) < 4.78 is 0. The lowest BCUT2D eigenvalue weighted by Gasteiger charge is -2.03. The Morgan fingerprint density at radius 1 is 1.24 bits per heavy atom. The van der Waals surface area contributed by atoms with E-state index in [1.807, 2.05) is 42.5 Å². The summed E-state index contributed by atoms with van der Waals surface area (Å²) in [5, 5.41) is 3.82. The molecule has 0 aliphatic carbocycles. The predicted octanol–water partition coefficient (Wildman–Crippen LogP) is 2.12. The number of amides is 1. The van der Waals surface area contributed by atoms with Gasteiger partial charge in [-0.05, 0) is 36.4 Å². The van der Waals surface area contributed by atoms with Crippen molar-refractivity contribution in [2.75, 3.05) is 12.3 Å². The van der Waals surface area contributed by atoms with Crippen LogP contribution in [-0.2, 0) is 6.42 Å². The molecule has 0 spiro atoms. The molecule has 0 unspecified atom stereocenters. The number of nitrogens with one attached hydrogen (secondary N) is 2. The predicted molar refractivity (Wildman–Crippen MR) is 83.0 cm³/mol. The number of aromatic nitrogens is 2. The van der Waals surface area contributed by atoms with Gasteiger partial charge in [-0.2, -0.15) is 0 Å². The molecule has 3 rings (SSSR count).